The predicted octanol–water partition coefficient (Wildman–Crippen LogP) is 2.99. The Morgan fingerprint density at radius 3 is 2.21 bits per heavy atom. The van der Waals surface area contributed by atoms with E-state index >= 15 is 0 Å². The fourth-order valence-corrected chi connectivity index (χ4v) is 4.87. The van der Waals surface area contributed by atoms with Gasteiger partial charge in [-0.25, -0.2) is 13.4 Å². The molecule has 2 heterocycles. The Kier molecular flexibility index (Phi) is 5.57. The molecule has 28 heavy (non-hydrogen) atoms. The van der Waals surface area contributed by atoms with Crippen LogP contribution in [0.1, 0.15) is 11.5 Å². The van der Waals surface area contributed by atoms with E-state index in [1.165, 1.54) is 0 Å². The highest BCUT2D eigenvalue weighted by molar-refractivity contribution is 7.88. The van der Waals surface area contributed by atoms with Crippen LogP contribution in [0.4, 0.5) is 0 Å². The summed E-state index contributed by atoms with van der Waals surface area (Å²) in [6, 6.07) is 19.2. The Labute approximate surface area is 165 Å². The second-order valence-corrected chi connectivity index (χ2v) is 8.87. The molecular weight excluding hydrogens is 374 g/mol. The number of hydrogen-bond donors (Lipinski definition) is 0. The molecule has 3 aromatic rings. The average Bonchev–Trinajstić information content (AvgIpc) is 3.18. The molecule has 146 valence electrons. The number of sulfonamides is 1. The van der Waals surface area contributed by atoms with Gasteiger partial charge in [-0.05, 0) is 5.56 Å². The maximum atomic E-state index is 12.7. The van der Waals surface area contributed by atoms with Gasteiger partial charge in [0.05, 0.1) is 18.5 Å². The van der Waals surface area contributed by atoms with Gasteiger partial charge >= 0.3 is 0 Å². The van der Waals surface area contributed by atoms with Crippen molar-refractivity contribution < 1.29 is 12.8 Å². The summed E-state index contributed by atoms with van der Waals surface area (Å²) >= 11 is 0. The largest absolute Gasteiger partial charge is 0.439 e. The molecule has 0 radical (unpaired) electrons. The Morgan fingerprint density at radius 2 is 1.54 bits per heavy atom. The monoisotopic (exact) mass is 397 g/mol. The topological polar surface area (TPSA) is 66.7 Å². The number of piperazine rings is 1. The quantitative estimate of drug-likeness (QED) is 0.640. The van der Waals surface area contributed by atoms with Crippen LogP contribution >= 0.6 is 0 Å². The zero-order chi connectivity index (χ0) is 19.4. The van der Waals surface area contributed by atoms with Crippen molar-refractivity contribution in [3.05, 3.63) is 78.3 Å². The van der Waals surface area contributed by atoms with E-state index in [-0.39, 0.29) is 5.75 Å². The summed E-state index contributed by atoms with van der Waals surface area (Å²) in [6.07, 6.45) is 1.74. The molecule has 2 aromatic carbocycles. The van der Waals surface area contributed by atoms with E-state index in [4.69, 9.17) is 4.42 Å². The highest BCUT2D eigenvalue weighted by Gasteiger charge is 2.27. The van der Waals surface area contributed by atoms with Gasteiger partial charge in [-0.15, -0.1) is 0 Å². The van der Waals surface area contributed by atoms with Crippen molar-refractivity contribution in [1.29, 1.82) is 0 Å². The molecule has 0 unspecified atom stereocenters. The summed E-state index contributed by atoms with van der Waals surface area (Å²) in [5.41, 5.74) is 1.82. The number of aromatic nitrogens is 1. The van der Waals surface area contributed by atoms with Gasteiger partial charge in [-0.1, -0.05) is 60.7 Å². The van der Waals surface area contributed by atoms with Crippen molar-refractivity contribution >= 4 is 10.0 Å². The maximum Gasteiger partial charge on any atom is 0.218 e. The zero-order valence-corrected chi connectivity index (χ0v) is 16.4. The molecule has 6 nitrogen and oxygen atoms in total. The van der Waals surface area contributed by atoms with E-state index in [2.05, 4.69) is 9.88 Å². The van der Waals surface area contributed by atoms with Gasteiger partial charge in [0.25, 0.3) is 0 Å². The van der Waals surface area contributed by atoms with Crippen LogP contribution < -0.4 is 0 Å². The van der Waals surface area contributed by atoms with Crippen molar-refractivity contribution in [1.82, 2.24) is 14.2 Å². The van der Waals surface area contributed by atoms with Crippen molar-refractivity contribution in [2.45, 2.75) is 12.3 Å². The first-order chi connectivity index (χ1) is 13.6. The number of benzene rings is 2. The van der Waals surface area contributed by atoms with Gasteiger partial charge < -0.3 is 4.42 Å². The van der Waals surface area contributed by atoms with E-state index in [1.54, 1.807) is 10.5 Å². The van der Waals surface area contributed by atoms with Gasteiger partial charge in [-0.3, -0.25) is 4.90 Å². The van der Waals surface area contributed by atoms with E-state index in [0.717, 1.165) is 16.9 Å². The third-order valence-electron chi connectivity index (χ3n) is 4.89. The summed E-state index contributed by atoms with van der Waals surface area (Å²) in [5.74, 6) is 1.45. The fraction of sp³-hybridized carbons (Fsp3) is 0.286. The second kappa shape index (κ2) is 8.26. The Morgan fingerprint density at radius 1 is 0.893 bits per heavy atom. The van der Waals surface area contributed by atoms with Gasteiger partial charge in [0, 0.05) is 31.7 Å². The minimum absolute atomic E-state index is 0.0496. The molecule has 1 aromatic heterocycles. The first kappa shape index (κ1) is 18.9. The lowest BCUT2D eigenvalue weighted by molar-refractivity contribution is 0.168. The van der Waals surface area contributed by atoms with Crippen LogP contribution in [0.25, 0.3) is 11.3 Å². The third-order valence-corrected chi connectivity index (χ3v) is 6.74. The van der Waals surface area contributed by atoms with Crippen molar-refractivity contribution in [2.75, 3.05) is 26.2 Å². The summed E-state index contributed by atoms with van der Waals surface area (Å²) in [7, 11) is -3.30. The summed E-state index contributed by atoms with van der Waals surface area (Å²) in [5, 5.41) is 0. The highest BCUT2D eigenvalue weighted by atomic mass is 32.2. The Hall–Kier alpha value is -2.48. The van der Waals surface area contributed by atoms with Crippen molar-refractivity contribution in [3.8, 4) is 11.3 Å². The predicted molar refractivity (Wildman–Crippen MR) is 108 cm³/mol. The lowest BCUT2D eigenvalue weighted by Gasteiger charge is -2.33. The molecule has 0 amide bonds. The molecule has 1 saturated heterocycles. The van der Waals surface area contributed by atoms with Crippen LogP contribution in [0.5, 0.6) is 0 Å². The number of rotatable bonds is 6. The molecule has 0 bridgehead atoms. The van der Waals surface area contributed by atoms with Crippen molar-refractivity contribution in [3.63, 3.8) is 0 Å². The van der Waals surface area contributed by atoms with Gasteiger partial charge in [0.1, 0.15) is 0 Å². The highest BCUT2D eigenvalue weighted by Crippen LogP contribution is 2.21. The molecular formula is C21H23N3O3S. The molecule has 0 atom stereocenters. The number of nitrogens with zero attached hydrogens (tertiary/aromatic N) is 3. The average molecular weight is 398 g/mol. The van der Waals surface area contributed by atoms with Gasteiger partial charge in [0.15, 0.2) is 5.76 Å². The standard InChI is InChI=1S/C21H23N3O3S/c25-28(26,17-18-7-3-1-4-8-18)24-13-11-23(12-14-24)16-21-22-15-20(27-21)19-9-5-2-6-10-19/h1-10,15H,11-14,16-17H2. The fourth-order valence-electron chi connectivity index (χ4n) is 3.35. The molecule has 4 rings (SSSR count). The van der Waals surface area contributed by atoms with Crippen LogP contribution in [-0.4, -0.2) is 48.8 Å². The molecule has 0 saturated carbocycles. The molecule has 0 N–H and O–H groups in total. The lowest BCUT2D eigenvalue weighted by Crippen LogP contribution is -2.48. The minimum Gasteiger partial charge on any atom is -0.439 e. The summed E-state index contributed by atoms with van der Waals surface area (Å²) in [6.45, 7) is 2.89. The SMILES string of the molecule is O=S(=O)(Cc1ccccc1)N1CCN(Cc2ncc(-c3ccccc3)o2)CC1. The molecule has 7 heteroatoms. The van der Waals surface area contributed by atoms with Gasteiger partial charge in [0.2, 0.25) is 15.9 Å². The number of hydrogen-bond acceptors (Lipinski definition) is 5. The van der Waals surface area contributed by atoms with E-state index < -0.39 is 10.0 Å². The molecule has 0 spiro atoms. The lowest BCUT2D eigenvalue weighted by atomic mass is 10.2. The summed E-state index contributed by atoms with van der Waals surface area (Å²) in [4.78, 5) is 6.55. The van der Waals surface area contributed by atoms with Gasteiger partial charge in [-0.2, -0.15) is 4.31 Å². The molecule has 0 aliphatic carbocycles. The second-order valence-electron chi connectivity index (χ2n) is 6.90. The van der Waals surface area contributed by atoms with E-state index in [1.807, 2.05) is 60.7 Å². The first-order valence-corrected chi connectivity index (χ1v) is 11.0. The van der Waals surface area contributed by atoms with Crippen LogP contribution in [0.3, 0.4) is 0 Å². The summed E-state index contributed by atoms with van der Waals surface area (Å²) < 4.78 is 32.8. The maximum absolute atomic E-state index is 12.7. The van der Waals surface area contributed by atoms with E-state index in [0.29, 0.717) is 38.6 Å². The zero-order valence-electron chi connectivity index (χ0n) is 15.6. The van der Waals surface area contributed by atoms with Crippen LogP contribution in [0, 0.1) is 0 Å². The normalized spacial score (nSPS) is 16.3. The number of oxazole rings is 1. The van der Waals surface area contributed by atoms with E-state index in [9.17, 15) is 8.42 Å². The first-order valence-electron chi connectivity index (χ1n) is 9.34. The minimum atomic E-state index is -3.30. The smallest absolute Gasteiger partial charge is 0.218 e. The molecule has 1 fully saturated rings. The van der Waals surface area contributed by atoms with Crippen LogP contribution in [0.15, 0.2) is 71.3 Å². The third kappa shape index (κ3) is 4.49. The Bertz CT molecular complexity index is 996. The molecule has 1 aliphatic heterocycles. The van der Waals surface area contributed by atoms with Crippen LogP contribution in [-0.2, 0) is 22.3 Å². The Balaban J connectivity index is 1.33. The van der Waals surface area contributed by atoms with Crippen molar-refractivity contribution in [2.24, 2.45) is 0 Å². The van der Waals surface area contributed by atoms with Crippen LogP contribution in [0.2, 0.25) is 0 Å². The molecule has 1 aliphatic rings.